The Morgan fingerprint density at radius 2 is 1.86 bits per heavy atom. The molecule has 0 bridgehead atoms. The number of aromatic nitrogens is 4. The van der Waals surface area contributed by atoms with Crippen LogP contribution in [-0.4, -0.2) is 65.1 Å². The van der Waals surface area contributed by atoms with Crippen LogP contribution in [-0.2, 0) is 0 Å². The van der Waals surface area contributed by atoms with E-state index in [2.05, 4.69) is 20.2 Å². The number of nitrogens with one attached hydrogen (secondary N) is 1. The minimum atomic E-state index is -0.384. The average molecular weight is 495 g/mol. The number of halogens is 1. The predicted molar refractivity (Wildman–Crippen MR) is 133 cm³/mol. The lowest BCUT2D eigenvalue weighted by atomic mass is 10.2. The summed E-state index contributed by atoms with van der Waals surface area (Å²) in [5.74, 6) is 2.57. The van der Waals surface area contributed by atoms with Crippen molar-refractivity contribution in [2.45, 2.75) is 18.9 Å². The van der Waals surface area contributed by atoms with E-state index in [1.54, 1.807) is 44.5 Å². The van der Waals surface area contributed by atoms with E-state index in [0.717, 1.165) is 30.5 Å². The summed E-state index contributed by atoms with van der Waals surface area (Å²) in [5.41, 5.74) is 1.21. The van der Waals surface area contributed by atoms with E-state index in [4.69, 9.17) is 19.2 Å². The molecule has 2 aromatic carbocycles. The van der Waals surface area contributed by atoms with Gasteiger partial charge in [0.25, 0.3) is 0 Å². The van der Waals surface area contributed by atoms with Crippen LogP contribution < -0.4 is 24.4 Å². The summed E-state index contributed by atoms with van der Waals surface area (Å²) < 4.78 is 32.1. The fraction of sp³-hybridized carbons (Fsp3) is 0.320. The summed E-state index contributed by atoms with van der Waals surface area (Å²) in [6.45, 7) is 0.776. The number of nitrogens with zero attached hydrogens (tertiary/aromatic N) is 5. The molecular weight excluding hydrogens is 467 g/mol. The van der Waals surface area contributed by atoms with Crippen molar-refractivity contribution in [1.29, 1.82) is 0 Å². The number of hydrogen-bond donors (Lipinski definition) is 2. The first-order valence-electron chi connectivity index (χ1n) is 11.5. The Balaban J connectivity index is 1.50. The number of aliphatic hydroxyl groups excluding tert-OH is 1. The predicted octanol–water partition coefficient (Wildman–Crippen LogP) is 3.69. The lowest BCUT2D eigenvalue weighted by Crippen LogP contribution is -2.33. The van der Waals surface area contributed by atoms with Gasteiger partial charge < -0.3 is 34.1 Å². The molecule has 2 N–H and O–H groups in total. The molecule has 0 spiro atoms. The number of aliphatic hydroxyl groups is 1. The van der Waals surface area contributed by atoms with Crippen LogP contribution in [0.5, 0.6) is 17.2 Å². The number of rotatable bonds is 8. The Labute approximate surface area is 207 Å². The summed E-state index contributed by atoms with van der Waals surface area (Å²) >= 11 is 0. The smallest absolute Gasteiger partial charge is 0.230 e. The maximum Gasteiger partial charge on any atom is 0.230 e. The highest BCUT2D eigenvalue weighted by molar-refractivity contribution is 5.91. The Kier molecular flexibility index (Phi) is 6.47. The van der Waals surface area contributed by atoms with Gasteiger partial charge in [-0.2, -0.15) is 4.98 Å². The molecule has 1 atom stereocenters. The summed E-state index contributed by atoms with van der Waals surface area (Å²) in [7, 11) is 4.66. The highest BCUT2D eigenvalue weighted by Gasteiger charge is 2.27. The van der Waals surface area contributed by atoms with E-state index in [-0.39, 0.29) is 24.4 Å². The van der Waals surface area contributed by atoms with Crippen molar-refractivity contribution in [2.75, 3.05) is 44.7 Å². The number of anilines is 3. The molecule has 5 rings (SSSR count). The monoisotopic (exact) mass is 494 g/mol. The van der Waals surface area contributed by atoms with Gasteiger partial charge in [-0.15, -0.1) is 0 Å². The highest BCUT2D eigenvalue weighted by Crippen LogP contribution is 2.39. The van der Waals surface area contributed by atoms with E-state index < -0.39 is 0 Å². The Morgan fingerprint density at radius 1 is 1.08 bits per heavy atom. The largest absolute Gasteiger partial charge is 0.493 e. The van der Waals surface area contributed by atoms with Gasteiger partial charge in [-0.1, -0.05) is 0 Å². The molecule has 0 radical (unpaired) electrons. The van der Waals surface area contributed by atoms with Crippen LogP contribution >= 0.6 is 0 Å². The van der Waals surface area contributed by atoms with Gasteiger partial charge in [-0.05, 0) is 25.0 Å². The van der Waals surface area contributed by atoms with Crippen molar-refractivity contribution in [3.8, 4) is 22.9 Å². The van der Waals surface area contributed by atoms with Crippen LogP contribution in [0.25, 0.3) is 16.6 Å². The van der Waals surface area contributed by atoms with E-state index >= 15 is 0 Å². The van der Waals surface area contributed by atoms with Crippen molar-refractivity contribution in [2.24, 2.45) is 0 Å². The molecule has 10 nitrogen and oxygen atoms in total. The zero-order valence-electron chi connectivity index (χ0n) is 20.2. The van der Waals surface area contributed by atoms with Crippen LogP contribution in [0.2, 0.25) is 0 Å². The number of ether oxygens (including phenoxy) is 3. The van der Waals surface area contributed by atoms with Crippen molar-refractivity contribution in [1.82, 2.24) is 19.5 Å². The second-order valence-electron chi connectivity index (χ2n) is 8.38. The summed E-state index contributed by atoms with van der Waals surface area (Å²) in [5, 5.41) is 13.7. The molecule has 2 aromatic heterocycles. The molecule has 1 aliphatic heterocycles. The fourth-order valence-electron chi connectivity index (χ4n) is 4.52. The summed E-state index contributed by atoms with van der Waals surface area (Å²) in [6.07, 6.45) is 5.21. The molecule has 1 saturated heterocycles. The van der Waals surface area contributed by atoms with Gasteiger partial charge in [0.2, 0.25) is 11.7 Å². The van der Waals surface area contributed by atoms with Gasteiger partial charge in [-0.3, -0.25) is 0 Å². The Morgan fingerprint density at radius 3 is 2.56 bits per heavy atom. The van der Waals surface area contributed by atoms with Crippen LogP contribution in [0.4, 0.5) is 22.0 Å². The second-order valence-corrected chi connectivity index (χ2v) is 8.38. The minimum Gasteiger partial charge on any atom is -0.493 e. The van der Waals surface area contributed by atoms with Gasteiger partial charge in [-0.25, -0.2) is 14.4 Å². The van der Waals surface area contributed by atoms with Gasteiger partial charge in [0.05, 0.1) is 51.4 Å². The minimum absolute atomic E-state index is 0.0225. The lowest BCUT2D eigenvalue weighted by Gasteiger charge is -2.25. The molecule has 188 valence electrons. The van der Waals surface area contributed by atoms with Gasteiger partial charge in [0.15, 0.2) is 17.3 Å². The summed E-state index contributed by atoms with van der Waals surface area (Å²) in [6, 6.07) is 8.02. The first-order chi connectivity index (χ1) is 17.5. The van der Waals surface area contributed by atoms with Crippen molar-refractivity contribution in [3.05, 3.63) is 48.7 Å². The normalized spacial score (nSPS) is 15.4. The van der Waals surface area contributed by atoms with Crippen LogP contribution in [0.15, 0.2) is 42.9 Å². The molecule has 0 aliphatic carbocycles. The second kappa shape index (κ2) is 9.86. The third-order valence-corrected chi connectivity index (χ3v) is 6.27. The van der Waals surface area contributed by atoms with E-state index in [1.165, 1.54) is 12.1 Å². The third kappa shape index (κ3) is 4.33. The van der Waals surface area contributed by atoms with Gasteiger partial charge in [0.1, 0.15) is 18.0 Å². The fourth-order valence-corrected chi connectivity index (χ4v) is 4.52. The third-order valence-electron chi connectivity index (χ3n) is 6.27. The highest BCUT2D eigenvalue weighted by atomic mass is 19.1. The van der Waals surface area contributed by atoms with E-state index in [9.17, 15) is 9.50 Å². The molecule has 1 aliphatic rings. The topological polar surface area (TPSA) is 107 Å². The van der Waals surface area contributed by atoms with Crippen molar-refractivity contribution in [3.63, 3.8) is 0 Å². The molecule has 1 fully saturated rings. The van der Waals surface area contributed by atoms with Crippen LogP contribution in [0.3, 0.4) is 0 Å². The Bertz CT molecular complexity index is 1370. The molecule has 0 amide bonds. The summed E-state index contributed by atoms with van der Waals surface area (Å²) in [4.78, 5) is 15.7. The SMILES string of the molecule is COc1cc(-n2cnc(Nc3nc(N4CCCC4CO)c4ccc(F)cc4n3)c2)cc(OC)c1OC. The number of benzene rings is 2. The number of hydrogen-bond acceptors (Lipinski definition) is 9. The van der Waals surface area contributed by atoms with Gasteiger partial charge >= 0.3 is 0 Å². The average Bonchev–Trinajstić information content (AvgIpc) is 3.56. The molecular formula is C25H27FN6O4. The number of fused-ring (bicyclic) bond motifs is 1. The molecule has 1 unspecified atom stereocenters. The van der Waals surface area contributed by atoms with Gasteiger partial charge in [0, 0.05) is 30.1 Å². The number of imidazole rings is 1. The first kappa shape index (κ1) is 23.6. The standard InChI is InChI=1S/C25H27FN6O4/c1-34-20-10-17(11-21(35-2)23(20)36-3)31-12-22(27-14-31)29-25-28-19-9-15(26)6-7-18(19)24(30-25)32-8-4-5-16(32)13-33/h6-7,9-12,14,16,33H,4-5,8,13H2,1-3H3,(H,28,29,30). The number of methoxy groups -OCH3 is 3. The zero-order valence-corrected chi connectivity index (χ0v) is 20.2. The first-order valence-corrected chi connectivity index (χ1v) is 11.5. The lowest BCUT2D eigenvalue weighted by molar-refractivity contribution is 0.266. The maximum absolute atomic E-state index is 14.0. The van der Waals surface area contributed by atoms with E-state index in [0.29, 0.717) is 34.4 Å². The van der Waals surface area contributed by atoms with Crippen molar-refractivity contribution < 1.29 is 23.7 Å². The zero-order chi connectivity index (χ0) is 25.2. The molecule has 36 heavy (non-hydrogen) atoms. The van der Waals surface area contributed by atoms with E-state index in [1.807, 2.05) is 12.1 Å². The van der Waals surface area contributed by atoms with Crippen LogP contribution in [0, 0.1) is 5.82 Å². The Hall–Kier alpha value is -4.12. The molecule has 3 heterocycles. The van der Waals surface area contributed by atoms with Crippen molar-refractivity contribution >= 4 is 28.5 Å². The molecule has 11 heteroatoms. The van der Waals surface area contributed by atoms with Crippen LogP contribution in [0.1, 0.15) is 12.8 Å². The maximum atomic E-state index is 14.0. The quantitative estimate of drug-likeness (QED) is 0.379. The molecule has 4 aromatic rings. The molecule has 0 saturated carbocycles.